The fourth-order valence-electron chi connectivity index (χ4n) is 2.87. The second-order valence-corrected chi connectivity index (χ2v) is 6.68. The largest absolute Gasteiger partial charge is 0.426 e. The lowest BCUT2D eigenvalue weighted by Gasteiger charge is -2.21. The zero-order valence-corrected chi connectivity index (χ0v) is 15.3. The first-order valence-corrected chi connectivity index (χ1v) is 8.55. The number of rotatable bonds is 3. The SMILES string of the molecule is CCN1C(=O)C(C#N)(OC(=O)c2ccc(C)cc2)c2cc(Br)ccc21. The van der Waals surface area contributed by atoms with E-state index >= 15 is 0 Å². The third-order valence-corrected chi connectivity index (χ3v) is 4.68. The summed E-state index contributed by atoms with van der Waals surface area (Å²) in [6.45, 7) is 4.08. The number of nitrogens with zero attached hydrogens (tertiary/aromatic N) is 2. The highest BCUT2D eigenvalue weighted by Crippen LogP contribution is 2.44. The van der Waals surface area contributed by atoms with E-state index in [9.17, 15) is 14.9 Å². The molecule has 0 saturated heterocycles. The van der Waals surface area contributed by atoms with Crippen LogP contribution in [0.5, 0.6) is 0 Å². The Morgan fingerprint density at radius 2 is 1.96 bits per heavy atom. The molecule has 0 aliphatic carbocycles. The standard InChI is InChI=1S/C19H15BrN2O3/c1-3-22-16-9-8-14(20)10-15(16)19(11-21,18(22)24)25-17(23)13-6-4-12(2)5-7-13/h4-10H,3H2,1-2H3. The molecule has 3 rings (SSSR count). The van der Waals surface area contributed by atoms with E-state index < -0.39 is 17.5 Å². The van der Waals surface area contributed by atoms with E-state index in [1.54, 1.807) is 49.4 Å². The van der Waals surface area contributed by atoms with Gasteiger partial charge in [0.2, 0.25) is 0 Å². The van der Waals surface area contributed by atoms with Crippen LogP contribution in [0.4, 0.5) is 5.69 Å². The number of carbonyl (C=O) groups is 2. The number of hydrogen-bond acceptors (Lipinski definition) is 4. The Labute approximate surface area is 153 Å². The van der Waals surface area contributed by atoms with Crippen LogP contribution in [0, 0.1) is 18.3 Å². The number of likely N-dealkylation sites (N-methyl/N-ethyl adjacent to an activating group) is 1. The molecule has 1 aliphatic rings. The second kappa shape index (κ2) is 6.34. The number of anilines is 1. The smallest absolute Gasteiger partial charge is 0.340 e. The molecule has 0 N–H and O–H groups in total. The molecule has 1 heterocycles. The van der Waals surface area contributed by atoms with Gasteiger partial charge in [-0.3, -0.25) is 4.79 Å². The summed E-state index contributed by atoms with van der Waals surface area (Å²) >= 11 is 3.35. The number of amides is 1. The second-order valence-electron chi connectivity index (χ2n) is 5.76. The molecule has 5 nitrogen and oxygen atoms in total. The van der Waals surface area contributed by atoms with Gasteiger partial charge in [0.15, 0.2) is 0 Å². The lowest BCUT2D eigenvalue weighted by Crippen LogP contribution is -2.42. The zero-order chi connectivity index (χ0) is 18.2. The number of esters is 1. The fraction of sp³-hybridized carbons (Fsp3) is 0.211. The van der Waals surface area contributed by atoms with Gasteiger partial charge in [0.05, 0.1) is 11.3 Å². The van der Waals surface area contributed by atoms with Crippen LogP contribution < -0.4 is 4.90 Å². The fourth-order valence-corrected chi connectivity index (χ4v) is 3.23. The summed E-state index contributed by atoms with van der Waals surface area (Å²) in [5.74, 6) is -1.26. The minimum Gasteiger partial charge on any atom is -0.426 e. The first-order valence-electron chi connectivity index (χ1n) is 7.76. The molecule has 0 spiro atoms. The Morgan fingerprint density at radius 3 is 2.56 bits per heavy atom. The number of hydrogen-bond donors (Lipinski definition) is 0. The summed E-state index contributed by atoms with van der Waals surface area (Å²) in [7, 11) is 0. The molecule has 1 atom stereocenters. The Balaban J connectivity index is 2.07. The van der Waals surface area contributed by atoms with Crippen molar-refractivity contribution in [2.75, 3.05) is 11.4 Å². The average Bonchev–Trinajstić information content (AvgIpc) is 2.83. The van der Waals surface area contributed by atoms with Crippen LogP contribution in [-0.4, -0.2) is 18.4 Å². The van der Waals surface area contributed by atoms with E-state index in [1.807, 2.05) is 13.0 Å². The molecule has 0 bridgehead atoms. The topological polar surface area (TPSA) is 70.4 Å². The molecule has 2 aromatic carbocycles. The highest BCUT2D eigenvalue weighted by Gasteiger charge is 2.55. The third-order valence-electron chi connectivity index (χ3n) is 4.18. The maximum Gasteiger partial charge on any atom is 0.340 e. The highest BCUT2D eigenvalue weighted by atomic mass is 79.9. The number of halogens is 1. The Kier molecular flexibility index (Phi) is 4.36. The number of aryl methyl sites for hydroxylation is 1. The van der Waals surface area contributed by atoms with Gasteiger partial charge in [-0.2, -0.15) is 5.26 Å². The van der Waals surface area contributed by atoms with E-state index in [1.165, 1.54) is 4.90 Å². The summed E-state index contributed by atoms with van der Waals surface area (Å²) < 4.78 is 6.19. The molecule has 1 aliphatic heterocycles. The van der Waals surface area contributed by atoms with Gasteiger partial charge in [0.25, 0.3) is 5.91 Å². The van der Waals surface area contributed by atoms with E-state index in [0.29, 0.717) is 27.8 Å². The van der Waals surface area contributed by atoms with Crippen molar-refractivity contribution >= 4 is 33.5 Å². The maximum absolute atomic E-state index is 12.9. The molecule has 0 fully saturated rings. The molecule has 1 amide bonds. The van der Waals surface area contributed by atoms with Crippen molar-refractivity contribution in [3.63, 3.8) is 0 Å². The van der Waals surface area contributed by atoms with Gasteiger partial charge >= 0.3 is 11.6 Å². The van der Waals surface area contributed by atoms with Gasteiger partial charge < -0.3 is 9.64 Å². The van der Waals surface area contributed by atoms with Gasteiger partial charge in [0, 0.05) is 16.6 Å². The van der Waals surface area contributed by atoms with Crippen LogP contribution in [0.15, 0.2) is 46.9 Å². The molecule has 126 valence electrons. The molecular weight excluding hydrogens is 384 g/mol. The first kappa shape index (κ1) is 17.2. The summed E-state index contributed by atoms with van der Waals surface area (Å²) in [5, 5.41) is 9.79. The monoisotopic (exact) mass is 398 g/mol. The van der Waals surface area contributed by atoms with Gasteiger partial charge in [-0.1, -0.05) is 33.6 Å². The zero-order valence-electron chi connectivity index (χ0n) is 13.7. The van der Waals surface area contributed by atoms with Crippen LogP contribution in [0.25, 0.3) is 0 Å². The van der Waals surface area contributed by atoms with Crippen molar-refractivity contribution in [2.45, 2.75) is 19.4 Å². The quantitative estimate of drug-likeness (QED) is 0.738. The lowest BCUT2D eigenvalue weighted by atomic mass is 9.96. The minimum absolute atomic E-state index is 0.291. The Hall–Kier alpha value is -2.65. The van der Waals surface area contributed by atoms with Crippen LogP contribution in [-0.2, 0) is 15.1 Å². The normalized spacial score (nSPS) is 18.6. The van der Waals surface area contributed by atoms with Crippen LogP contribution in [0.2, 0.25) is 0 Å². The van der Waals surface area contributed by atoms with E-state index in [4.69, 9.17) is 4.74 Å². The minimum atomic E-state index is -1.98. The van der Waals surface area contributed by atoms with Crippen LogP contribution in [0.3, 0.4) is 0 Å². The van der Waals surface area contributed by atoms with Gasteiger partial charge in [-0.25, -0.2) is 4.79 Å². The molecule has 2 aromatic rings. The van der Waals surface area contributed by atoms with Crippen LogP contribution >= 0.6 is 15.9 Å². The number of carbonyl (C=O) groups excluding carboxylic acids is 2. The molecule has 6 heteroatoms. The third kappa shape index (κ3) is 2.71. The molecule has 0 aromatic heterocycles. The van der Waals surface area contributed by atoms with Gasteiger partial charge in [-0.15, -0.1) is 0 Å². The molecular formula is C19H15BrN2O3. The highest BCUT2D eigenvalue weighted by molar-refractivity contribution is 9.10. The average molecular weight is 399 g/mol. The first-order chi connectivity index (χ1) is 11.9. The number of benzene rings is 2. The molecule has 0 saturated carbocycles. The van der Waals surface area contributed by atoms with Crippen molar-refractivity contribution in [2.24, 2.45) is 0 Å². The van der Waals surface area contributed by atoms with Crippen molar-refractivity contribution < 1.29 is 14.3 Å². The van der Waals surface area contributed by atoms with Crippen LogP contribution in [0.1, 0.15) is 28.4 Å². The van der Waals surface area contributed by atoms with Crippen molar-refractivity contribution in [1.82, 2.24) is 0 Å². The van der Waals surface area contributed by atoms with E-state index in [2.05, 4.69) is 15.9 Å². The molecule has 1 unspecified atom stereocenters. The van der Waals surface area contributed by atoms with Crippen molar-refractivity contribution in [3.8, 4) is 6.07 Å². The van der Waals surface area contributed by atoms with Crippen molar-refractivity contribution in [3.05, 3.63) is 63.6 Å². The predicted molar refractivity (Wildman–Crippen MR) is 96.1 cm³/mol. The van der Waals surface area contributed by atoms with E-state index in [0.717, 1.165) is 5.56 Å². The van der Waals surface area contributed by atoms with Crippen molar-refractivity contribution in [1.29, 1.82) is 5.26 Å². The maximum atomic E-state index is 12.9. The lowest BCUT2D eigenvalue weighted by molar-refractivity contribution is -0.131. The molecule has 25 heavy (non-hydrogen) atoms. The predicted octanol–water partition coefficient (Wildman–Crippen LogP) is 3.70. The number of ether oxygens (including phenoxy) is 1. The summed E-state index contributed by atoms with van der Waals surface area (Å²) in [5.41, 5.74) is 0.261. The number of nitriles is 1. The summed E-state index contributed by atoms with van der Waals surface area (Å²) in [6.07, 6.45) is 0. The number of fused-ring (bicyclic) bond motifs is 1. The Morgan fingerprint density at radius 1 is 1.28 bits per heavy atom. The molecule has 0 radical (unpaired) electrons. The summed E-state index contributed by atoms with van der Waals surface area (Å²) in [6, 6.07) is 13.9. The van der Waals surface area contributed by atoms with Gasteiger partial charge in [0.1, 0.15) is 6.07 Å². The Bertz CT molecular complexity index is 902. The summed E-state index contributed by atoms with van der Waals surface area (Å²) in [4.78, 5) is 26.9. The van der Waals surface area contributed by atoms with E-state index in [-0.39, 0.29) is 0 Å². The van der Waals surface area contributed by atoms with Gasteiger partial charge in [-0.05, 0) is 44.2 Å².